The summed E-state index contributed by atoms with van der Waals surface area (Å²) in [6.45, 7) is 17.4. The van der Waals surface area contributed by atoms with Crippen molar-refractivity contribution in [1.29, 1.82) is 0 Å². The van der Waals surface area contributed by atoms with Gasteiger partial charge in [0.1, 0.15) is 6.29 Å². The van der Waals surface area contributed by atoms with Gasteiger partial charge in [0.15, 0.2) is 0 Å². The normalized spacial score (nSPS) is 18.6. The van der Waals surface area contributed by atoms with Crippen molar-refractivity contribution in [2.45, 2.75) is 55.4 Å². The molecule has 0 aromatic heterocycles. The van der Waals surface area contributed by atoms with E-state index in [2.05, 4.69) is 91.8 Å². The lowest BCUT2D eigenvalue weighted by molar-refractivity contribution is -0.109. The molecule has 2 rings (SSSR count). The van der Waals surface area contributed by atoms with E-state index in [4.69, 9.17) is 0 Å². The van der Waals surface area contributed by atoms with Crippen LogP contribution in [0.25, 0.3) is 6.08 Å². The number of carbonyl (C=O) groups is 1. The second-order valence-electron chi connectivity index (χ2n) is 9.32. The average molecular weight is 337 g/mol. The molecule has 0 radical (unpaired) electrons. The van der Waals surface area contributed by atoms with E-state index in [1.54, 1.807) is 0 Å². The van der Waals surface area contributed by atoms with E-state index in [9.17, 15) is 4.79 Å². The number of aldehydes is 1. The first kappa shape index (κ1) is 19.4. The Labute approximate surface area is 153 Å². The Bertz CT molecular complexity index is 724. The van der Waals surface area contributed by atoms with Crippen molar-refractivity contribution in [2.75, 3.05) is 0 Å². The van der Waals surface area contributed by atoms with Crippen molar-refractivity contribution < 1.29 is 4.79 Å². The van der Waals surface area contributed by atoms with Gasteiger partial charge in [-0.1, -0.05) is 77.5 Å². The number of allylic oxidation sites excluding steroid dienone is 5. The summed E-state index contributed by atoms with van der Waals surface area (Å²) in [6.07, 6.45) is 7.79. The summed E-state index contributed by atoms with van der Waals surface area (Å²) in [4.78, 5) is 11.9. The molecule has 1 aromatic carbocycles. The van der Waals surface area contributed by atoms with Crippen LogP contribution >= 0.6 is 0 Å². The van der Waals surface area contributed by atoms with Crippen LogP contribution in [0.1, 0.15) is 58.2 Å². The quantitative estimate of drug-likeness (QED) is 0.566. The molecule has 1 heteroatoms. The van der Waals surface area contributed by atoms with Crippen molar-refractivity contribution in [1.82, 2.24) is 0 Å². The first-order valence-electron chi connectivity index (χ1n) is 9.12. The zero-order valence-corrected chi connectivity index (χ0v) is 17.0. The van der Waals surface area contributed by atoms with Gasteiger partial charge in [0.2, 0.25) is 0 Å². The van der Waals surface area contributed by atoms with Crippen LogP contribution in [-0.2, 0) is 4.79 Å². The van der Waals surface area contributed by atoms with Crippen molar-refractivity contribution in [3.63, 3.8) is 0 Å². The van der Waals surface area contributed by atoms with Crippen LogP contribution in [0.15, 0.2) is 47.1 Å². The van der Waals surface area contributed by atoms with Crippen molar-refractivity contribution in [2.24, 2.45) is 16.7 Å². The van der Waals surface area contributed by atoms with Crippen LogP contribution in [-0.4, -0.2) is 6.29 Å². The lowest BCUT2D eigenvalue weighted by Gasteiger charge is -2.37. The molecule has 0 atom stereocenters. The van der Waals surface area contributed by atoms with Gasteiger partial charge in [0, 0.05) is 0 Å². The van der Waals surface area contributed by atoms with Crippen LogP contribution in [0.4, 0.5) is 0 Å². The lowest BCUT2D eigenvalue weighted by atomic mass is 9.67. The fourth-order valence-corrected chi connectivity index (χ4v) is 3.51. The molecule has 1 nitrogen and oxygen atoms in total. The van der Waals surface area contributed by atoms with E-state index in [0.717, 1.165) is 6.29 Å². The van der Waals surface area contributed by atoms with Crippen LogP contribution < -0.4 is 0 Å². The third kappa shape index (κ3) is 4.39. The molecular formula is C24H32O. The molecule has 0 amide bonds. The standard InChI is InChI=1S/C24H32O/c1-16-9-10-19(17(2)11-16)12-18-13-21(23(3,4)5)20(15-25)22(14-18)24(6,7)8/h9-15,20H,1-8H3. The van der Waals surface area contributed by atoms with Crippen LogP contribution in [0, 0.1) is 30.6 Å². The zero-order chi connectivity index (χ0) is 19.0. The molecule has 0 saturated heterocycles. The monoisotopic (exact) mass is 336 g/mol. The largest absolute Gasteiger partial charge is 0.302 e. The molecule has 0 bridgehead atoms. The molecule has 0 spiro atoms. The molecule has 0 heterocycles. The molecule has 0 saturated carbocycles. The zero-order valence-electron chi connectivity index (χ0n) is 17.0. The van der Waals surface area contributed by atoms with Crippen molar-refractivity contribution in [3.05, 3.63) is 63.8 Å². The maximum Gasteiger partial charge on any atom is 0.131 e. The molecular weight excluding hydrogens is 304 g/mol. The minimum Gasteiger partial charge on any atom is -0.302 e. The van der Waals surface area contributed by atoms with E-state index in [0.29, 0.717) is 0 Å². The van der Waals surface area contributed by atoms with E-state index >= 15 is 0 Å². The SMILES string of the molecule is Cc1ccc(C=C2C=C(C(C)(C)C)C(C=O)C(C(C)(C)C)=C2)c(C)c1. The van der Waals surface area contributed by atoms with E-state index in [1.807, 2.05) is 0 Å². The maximum atomic E-state index is 11.9. The summed E-state index contributed by atoms with van der Waals surface area (Å²) in [5, 5.41) is 0. The van der Waals surface area contributed by atoms with Gasteiger partial charge in [-0.05, 0) is 58.6 Å². The summed E-state index contributed by atoms with van der Waals surface area (Å²) < 4.78 is 0. The Hall–Kier alpha value is -1.89. The summed E-state index contributed by atoms with van der Waals surface area (Å²) in [6, 6.07) is 6.55. The van der Waals surface area contributed by atoms with Gasteiger partial charge in [0.25, 0.3) is 0 Å². The Kier molecular flexibility index (Phi) is 5.27. The number of hydrogen-bond donors (Lipinski definition) is 0. The molecule has 0 unspecified atom stereocenters. The lowest BCUT2D eigenvalue weighted by Crippen LogP contribution is -2.28. The van der Waals surface area contributed by atoms with E-state index in [1.165, 1.54) is 33.4 Å². The number of benzene rings is 1. The van der Waals surface area contributed by atoms with Gasteiger partial charge in [-0.15, -0.1) is 0 Å². The molecule has 25 heavy (non-hydrogen) atoms. The third-order valence-corrected chi connectivity index (χ3v) is 4.93. The van der Waals surface area contributed by atoms with Crippen molar-refractivity contribution in [3.8, 4) is 0 Å². The Morgan fingerprint density at radius 1 is 0.880 bits per heavy atom. The van der Waals surface area contributed by atoms with E-state index in [-0.39, 0.29) is 16.7 Å². The number of aryl methyl sites for hydroxylation is 2. The van der Waals surface area contributed by atoms with Gasteiger partial charge in [-0.2, -0.15) is 0 Å². The van der Waals surface area contributed by atoms with Crippen LogP contribution in [0.5, 0.6) is 0 Å². The predicted octanol–water partition coefficient (Wildman–Crippen LogP) is 6.46. The minimum absolute atomic E-state index is 0.0439. The van der Waals surface area contributed by atoms with Gasteiger partial charge in [0.05, 0.1) is 5.92 Å². The third-order valence-electron chi connectivity index (χ3n) is 4.93. The highest BCUT2D eigenvalue weighted by Crippen LogP contribution is 2.44. The molecule has 1 aliphatic carbocycles. The van der Waals surface area contributed by atoms with Crippen LogP contribution in [0.2, 0.25) is 0 Å². The highest BCUT2D eigenvalue weighted by atomic mass is 16.1. The Balaban J connectivity index is 2.64. The molecule has 0 N–H and O–H groups in total. The molecule has 0 fully saturated rings. The Morgan fingerprint density at radius 3 is 1.80 bits per heavy atom. The second kappa shape index (κ2) is 6.78. The van der Waals surface area contributed by atoms with Gasteiger partial charge >= 0.3 is 0 Å². The van der Waals surface area contributed by atoms with Crippen molar-refractivity contribution >= 4 is 12.4 Å². The van der Waals surface area contributed by atoms with Gasteiger partial charge < -0.3 is 4.79 Å². The minimum atomic E-state index is -0.128. The number of hydrogen-bond acceptors (Lipinski definition) is 1. The average Bonchev–Trinajstić information content (AvgIpc) is 2.47. The predicted molar refractivity (Wildman–Crippen MR) is 109 cm³/mol. The molecule has 134 valence electrons. The molecule has 1 aliphatic rings. The topological polar surface area (TPSA) is 17.1 Å². The van der Waals surface area contributed by atoms with E-state index < -0.39 is 0 Å². The fourth-order valence-electron chi connectivity index (χ4n) is 3.51. The number of carbonyl (C=O) groups excluding carboxylic acids is 1. The summed E-state index contributed by atoms with van der Waals surface area (Å²) in [5.41, 5.74) is 7.29. The highest BCUT2D eigenvalue weighted by Gasteiger charge is 2.35. The smallest absolute Gasteiger partial charge is 0.131 e. The summed E-state index contributed by atoms with van der Waals surface area (Å²) in [7, 11) is 0. The second-order valence-corrected chi connectivity index (χ2v) is 9.32. The Morgan fingerprint density at radius 2 is 1.40 bits per heavy atom. The first-order chi connectivity index (χ1) is 11.4. The summed E-state index contributed by atoms with van der Waals surface area (Å²) >= 11 is 0. The molecule has 0 aliphatic heterocycles. The summed E-state index contributed by atoms with van der Waals surface area (Å²) in [5.74, 6) is -0.128. The molecule has 1 aromatic rings. The van der Waals surface area contributed by atoms with Crippen LogP contribution in [0.3, 0.4) is 0 Å². The highest BCUT2D eigenvalue weighted by molar-refractivity contribution is 5.73. The number of rotatable bonds is 2. The maximum absolute atomic E-state index is 11.9. The fraction of sp³-hybridized carbons (Fsp3) is 0.458. The first-order valence-corrected chi connectivity index (χ1v) is 9.12. The van der Waals surface area contributed by atoms with Gasteiger partial charge in [-0.25, -0.2) is 0 Å². The van der Waals surface area contributed by atoms with Gasteiger partial charge in [-0.3, -0.25) is 0 Å².